The van der Waals surface area contributed by atoms with Crippen LogP contribution in [0.15, 0.2) is 28.7 Å². The molecule has 72 valence electrons. The summed E-state index contributed by atoms with van der Waals surface area (Å²) in [5, 5.41) is 0. The second-order valence-electron chi connectivity index (χ2n) is 2.54. The van der Waals surface area contributed by atoms with E-state index in [-0.39, 0.29) is 6.61 Å². The minimum Gasteiger partial charge on any atom is -0.371 e. The third kappa shape index (κ3) is 4.33. The Morgan fingerprint density at radius 3 is 2.77 bits per heavy atom. The van der Waals surface area contributed by atoms with E-state index in [1.54, 1.807) is 0 Å². The number of ether oxygens (including phenoxy) is 1. The Bertz CT molecular complexity index is 266. The molecule has 0 aliphatic rings. The summed E-state index contributed by atoms with van der Waals surface area (Å²) in [5.41, 5.74) is 0.884. The Morgan fingerprint density at radius 2 is 2.15 bits per heavy atom. The van der Waals surface area contributed by atoms with Crippen molar-refractivity contribution in [1.29, 1.82) is 0 Å². The Balaban J connectivity index is 2.37. The van der Waals surface area contributed by atoms with Crippen molar-refractivity contribution >= 4 is 15.9 Å². The van der Waals surface area contributed by atoms with Gasteiger partial charge in [-0.25, -0.2) is 8.78 Å². The maximum absolute atomic E-state index is 11.7. The van der Waals surface area contributed by atoms with Crippen LogP contribution in [-0.2, 0) is 11.3 Å². The molecule has 1 aromatic carbocycles. The molecule has 0 spiro atoms. The van der Waals surface area contributed by atoms with Crippen molar-refractivity contribution in [3.8, 4) is 0 Å². The van der Waals surface area contributed by atoms with Gasteiger partial charge < -0.3 is 4.74 Å². The quantitative estimate of drug-likeness (QED) is 0.798. The fourth-order valence-electron chi connectivity index (χ4n) is 0.893. The molecule has 0 aromatic heterocycles. The summed E-state index contributed by atoms with van der Waals surface area (Å²) in [4.78, 5) is 0. The topological polar surface area (TPSA) is 9.23 Å². The molecular weight excluding hydrogens is 242 g/mol. The lowest BCUT2D eigenvalue weighted by Crippen LogP contribution is -2.03. The van der Waals surface area contributed by atoms with Crippen LogP contribution in [0.1, 0.15) is 5.56 Å². The molecule has 1 nitrogen and oxygen atoms in total. The van der Waals surface area contributed by atoms with Gasteiger partial charge in [0.25, 0.3) is 6.43 Å². The van der Waals surface area contributed by atoms with Crippen LogP contribution < -0.4 is 0 Å². The molecule has 0 N–H and O–H groups in total. The third-order valence-corrected chi connectivity index (χ3v) is 1.89. The van der Waals surface area contributed by atoms with Gasteiger partial charge in [0.1, 0.15) is 6.61 Å². The molecule has 0 saturated carbocycles. The van der Waals surface area contributed by atoms with E-state index >= 15 is 0 Å². The molecule has 0 saturated heterocycles. The Kier molecular flexibility index (Phi) is 4.32. The van der Waals surface area contributed by atoms with E-state index in [0.29, 0.717) is 0 Å². The second-order valence-corrected chi connectivity index (χ2v) is 3.45. The maximum Gasteiger partial charge on any atom is 0.261 e. The van der Waals surface area contributed by atoms with Crippen LogP contribution >= 0.6 is 15.9 Å². The number of alkyl halides is 2. The lowest BCUT2D eigenvalue weighted by molar-refractivity contribution is 0.00987. The average Bonchev–Trinajstić information content (AvgIpc) is 2.03. The maximum atomic E-state index is 11.7. The van der Waals surface area contributed by atoms with E-state index in [1.165, 1.54) is 0 Å². The molecule has 0 aliphatic carbocycles. The molecule has 0 bridgehead atoms. The molecule has 0 heterocycles. The first-order chi connectivity index (χ1) is 6.18. The smallest absolute Gasteiger partial charge is 0.261 e. The third-order valence-electron chi connectivity index (χ3n) is 1.40. The summed E-state index contributed by atoms with van der Waals surface area (Å²) in [6.45, 7) is -0.281. The minimum atomic E-state index is -2.40. The van der Waals surface area contributed by atoms with Crippen molar-refractivity contribution in [2.24, 2.45) is 0 Å². The van der Waals surface area contributed by atoms with Crippen molar-refractivity contribution in [2.75, 3.05) is 6.61 Å². The van der Waals surface area contributed by atoms with Gasteiger partial charge in [0.05, 0.1) is 6.61 Å². The summed E-state index contributed by atoms with van der Waals surface area (Å²) < 4.78 is 29.1. The highest BCUT2D eigenvalue weighted by Crippen LogP contribution is 2.12. The van der Waals surface area contributed by atoms with E-state index in [9.17, 15) is 8.78 Å². The van der Waals surface area contributed by atoms with E-state index in [2.05, 4.69) is 15.9 Å². The highest BCUT2D eigenvalue weighted by molar-refractivity contribution is 9.10. The van der Waals surface area contributed by atoms with E-state index in [1.807, 2.05) is 24.3 Å². The molecule has 13 heavy (non-hydrogen) atoms. The predicted molar refractivity (Wildman–Crippen MR) is 49.8 cm³/mol. The van der Waals surface area contributed by atoms with Gasteiger partial charge in [0, 0.05) is 4.47 Å². The molecule has 1 rings (SSSR count). The fourth-order valence-corrected chi connectivity index (χ4v) is 1.34. The van der Waals surface area contributed by atoms with Gasteiger partial charge in [-0.1, -0.05) is 28.1 Å². The first-order valence-electron chi connectivity index (χ1n) is 3.79. The van der Waals surface area contributed by atoms with Crippen molar-refractivity contribution in [2.45, 2.75) is 13.0 Å². The van der Waals surface area contributed by atoms with Gasteiger partial charge in [-0.3, -0.25) is 0 Å². The van der Waals surface area contributed by atoms with E-state index in [0.717, 1.165) is 10.0 Å². The minimum absolute atomic E-state index is 0.226. The van der Waals surface area contributed by atoms with Crippen LogP contribution in [0.2, 0.25) is 0 Å². The van der Waals surface area contributed by atoms with Crippen molar-refractivity contribution in [1.82, 2.24) is 0 Å². The summed E-state index contributed by atoms with van der Waals surface area (Å²) in [6, 6.07) is 7.38. The highest BCUT2D eigenvalue weighted by atomic mass is 79.9. The van der Waals surface area contributed by atoms with Gasteiger partial charge in [0.2, 0.25) is 0 Å². The number of hydrogen-bond donors (Lipinski definition) is 0. The molecule has 0 radical (unpaired) electrons. The molecule has 0 unspecified atom stereocenters. The zero-order chi connectivity index (χ0) is 9.68. The molecule has 0 amide bonds. The largest absolute Gasteiger partial charge is 0.371 e. The summed E-state index contributed by atoms with van der Waals surface area (Å²) in [6.07, 6.45) is -2.40. The Morgan fingerprint density at radius 1 is 1.38 bits per heavy atom. The number of halogens is 3. The van der Waals surface area contributed by atoms with Gasteiger partial charge >= 0.3 is 0 Å². The molecule has 4 heteroatoms. The molecule has 0 fully saturated rings. The standard InChI is InChI=1S/C9H9BrF2O/c10-8-3-1-2-7(4-8)5-13-6-9(11)12/h1-4,9H,5-6H2. The van der Waals surface area contributed by atoms with Crippen LogP contribution in [0.25, 0.3) is 0 Å². The highest BCUT2D eigenvalue weighted by Gasteiger charge is 2.01. The summed E-state index contributed by atoms with van der Waals surface area (Å²) in [5.74, 6) is 0. The summed E-state index contributed by atoms with van der Waals surface area (Å²) >= 11 is 3.28. The van der Waals surface area contributed by atoms with Gasteiger partial charge in [-0.15, -0.1) is 0 Å². The SMILES string of the molecule is FC(F)COCc1cccc(Br)c1. The first kappa shape index (κ1) is 10.6. The van der Waals surface area contributed by atoms with Crippen molar-refractivity contribution in [3.05, 3.63) is 34.3 Å². The van der Waals surface area contributed by atoms with Crippen LogP contribution in [0.5, 0.6) is 0 Å². The lowest BCUT2D eigenvalue weighted by Gasteiger charge is -2.03. The van der Waals surface area contributed by atoms with Crippen LogP contribution in [0.4, 0.5) is 8.78 Å². The second kappa shape index (κ2) is 5.29. The fraction of sp³-hybridized carbons (Fsp3) is 0.333. The Labute approximate surface area is 83.8 Å². The van der Waals surface area contributed by atoms with Crippen LogP contribution in [-0.4, -0.2) is 13.0 Å². The number of hydrogen-bond acceptors (Lipinski definition) is 1. The van der Waals surface area contributed by atoms with Crippen molar-refractivity contribution in [3.63, 3.8) is 0 Å². The predicted octanol–water partition coefficient (Wildman–Crippen LogP) is 3.23. The molecule has 1 aromatic rings. The Hall–Kier alpha value is -0.480. The number of benzene rings is 1. The van der Waals surface area contributed by atoms with Gasteiger partial charge in [0.15, 0.2) is 0 Å². The number of rotatable bonds is 4. The average molecular weight is 251 g/mol. The zero-order valence-electron chi connectivity index (χ0n) is 6.84. The molecule has 0 aliphatic heterocycles. The van der Waals surface area contributed by atoms with E-state index in [4.69, 9.17) is 4.74 Å². The lowest BCUT2D eigenvalue weighted by atomic mass is 10.2. The van der Waals surface area contributed by atoms with Gasteiger partial charge in [-0.05, 0) is 17.7 Å². The van der Waals surface area contributed by atoms with Crippen molar-refractivity contribution < 1.29 is 13.5 Å². The molecule has 0 atom stereocenters. The normalized spacial score (nSPS) is 10.8. The zero-order valence-corrected chi connectivity index (χ0v) is 8.43. The van der Waals surface area contributed by atoms with E-state index < -0.39 is 13.0 Å². The summed E-state index contributed by atoms with van der Waals surface area (Å²) in [7, 11) is 0. The molecular formula is C9H9BrF2O. The van der Waals surface area contributed by atoms with Crippen LogP contribution in [0.3, 0.4) is 0 Å². The monoisotopic (exact) mass is 250 g/mol. The first-order valence-corrected chi connectivity index (χ1v) is 4.58. The van der Waals surface area contributed by atoms with Crippen LogP contribution in [0, 0.1) is 0 Å². The van der Waals surface area contributed by atoms with Gasteiger partial charge in [-0.2, -0.15) is 0 Å².